The van der Waals surface area contributed by atoms with E-state index in [1.807, 2.05) is 43.3 Å². The summed E-state index contributed by atoms with van der Waals surface area (Å²) in [6.07, 6.45) is 0. The zero-order valence-corrected chi connectivity index (χ0v) is 13.2. The highest BCUT2D eigenvalue weighted by Gasteiger charge is 2.13. The van der Waals surface area contributed by atoms with E-state index < -0.39 is 0 Å². The van der Waals surface area contributed by atoms with Crippen molar-refractivity contribution in [1.82, 2.24) is 15.2 Å². The van der Waals surface area contributed by atoms with Crippen molar-refractivity contribution in [2.24, 2.45) is 0 Å². The number of aryl methyl sites for hydroxylation is 1. The lowest BCUT2D eigenvalue weighted by molar-refractivity contribution is 0.475. The molecule has 2 heterocycles. The fourth-order valence-electron chi connectivity index (χ4n) is 2.65. The van der Waals surface area contributed by atoms with Gasteiger partial charge in [0.15, 0.2) is 5.65 Å². The van der Waals surface area contributed by atoms with E-state index in [0.717, 1.165) is 33.4 Å². The fraction of sp³-hybridized carbons (Fsp3) is 0.0588. The van der Waals surface area contributed by atoms with Gasteiger partial charge in [-0.2, -0.15) is 5.10 Å². The molecule has 0 saturated carbocycles. The summed E-state index contributed by atoms with van der Waals surface area (Å²) in [7, 11) is 0. The van der Waals surface area contributed by atoms with Gasteiger partial charge in [0.2, 0.25) is 0 Å². The monoisotopic (exact) mass is 326 g/mol. The third-order valence-corrected chi connectivity index (χ3v) is 3.71. The van der Waals surface area contributed by atoms with Crippen molar-refractivity contribution < 1.29 is 5.11 Å². The zero-order chi connectivity index (χ0) is 15.1. The van der Waals surface area contributed by atoms with E-state index in [1.54, 1.807) is 12.1 Å². The van der Waals surface area contributed by atoms with Gasteiger partial charge in [-0.1, -0.05) is 18.2 Å². The molecule has 5 nitrogen and oxygen atoms in total. The maximum atomic E-state index is 9.42. The molecular formula is C17H15ClN4O. The van der Waals surface area contributed by atoms with Gasteiger partial charge in [0.1, 0.15) is 5.75 Å². The normalized spacial score (nSPS) is 10.7. The lowest BCUT2D eigenvalue weighted by atomic mass is 10.1. The molecule has 0 saturated heterocycles. The van der Waals surface area contributed by atoms with Crippen LogP contribution in [0.3, 0.4) is 0 Å². The van der Waals surface area contributed by atoms with Crippen LogP contribution in [-0.2, 0) is 0 Å². The summed E-state index contributed by atoms with van der Waals surface area (Å²) < 4.78 is 0. The maximum Gasteiger partial charge on any atom is 0.183 e. The number of hydrogen-bond donors (Lipinski definition) is 3. The second-order valence-electron chi connectivity index (χ2n) is 5.22. The van der Waals surface area contributed by atoms with E-state index in [9.17, 15) is 5.11 Å². The molecule has 0 radical (unpaired) electrons. The summed E-state index contributed by atoms with van der Waals surface area (Å²) in [4.78, 5) is 4.59. The van der Waals surface area contributed by atoms with Crippen molar-refractivity contribution in [3.8, 4) is 5.75 Å². The van der Waals surface area contributed by atoms with Gasteiger partial charge in [0.25, 0.3) is 0 Å². The number of nitrogens with zero attached hydrogens (tertiary/aromatic N) is 2. The average molecular weight is 327 g/mol. The second kappa shape index (κ2) is 5.78. The molecule has 0 spiro atoms. The Balaban J connectivity index is 0.00000156. The Morgan fingerprint density at radius 2 is 1.78 bits per heavy atom. The first-order chi connectivity index (χ1) is 10.7. The fourth-order valence-corrected chi connectivity index (χ4v) is 2.65. The van der Waals surface area contributed by atoms with Gasteiger partial charge in [-0.3, -0.25) is 5.10 Å². The first-order valence-electron chi connectivity index (χ1n) is 7.02. The lowest BCUT2D eigenvalue weighted by Crippen LogP contribution is -1.95. The van der Waals surface area contributed by atoms with Crippen LogP contribution in [0.25, 0.3) is 21.9 Å². The molecule has 4 rings (SSSR count). The Morgan fingerprint density at radius 1 is 1.04 bits per heavy atom. The number of phenols is 1. The van der Waals surface area contributed by atoms with Gasteiger partial charge in [-0.15, -0.1) is 12.4 Å². The van der Waals surface area contributed by atoms with E-state index in [1.165, 1.54) is 0 Å². The summed E-state index contributed by atoms with van der Waals surface area (Å²) in [6, 6.07) is 15.0. The Bertz CT molecular complexity index is 979. The molecule has 4 aromatic rings. The smallest absolute Gasteiger partial charge is 0.183 e. The standard InChI is InChI=1S/C17H14N4O.ClH/c1-10-15-16(18-11-6-8-12(22)9-7-11)13-4-2-3-5-14(13)19-17(15)21-20-10;/h2-9,22H,1H3,(H2,18,19,20,21);1H. The van der Waals surface area contributed by atoms with Crippen LogP contribution in [0.5, 0.6) is 5.75 Å². The van der Waals surface area contributed by atoms with Crippen molar-refractivity contribution in [1.29, 1.82) is 0 Å². The van der Waals surface area contributed by atoms with Crippen molar-refractivity contribution >= 4 is 45.7 Å². The van der Waals surface area contributed by atoms with Gasteiger partial charge in [-0.05, 0) is 37.3 Å². The van der Waals surface area contributed by atoms with E-state index in [2.05, 4.69) is 20.5 Å². The van der Waals surface area contributed by atoms with Crippen LogP contribution in [-0.4, -0.2) is 20.3 Å². The van der Waals surface area contributed by atoms with Gasteiger partial charge in [-0.25, -0.2) is 4.98 Å². The first-order valence-corrected chi connectivity index (χ1v) is 7.02. The Kier molecular flexibility index (Phi) is 3.80. The molecule has 23 heavy (non-hydrogen) atoms. The van der Waals surface area contributed by atoms with Gasteiger partial charge < -0.3 is 10.4 Å². The number of H-pyrrole nitrogens is 1. The zero-order valence-electron chi connectivity index (χ0n) is 12.4. The Labute approximate surface area is 138 Å². The van der Waals surface area contributed by atoms with Crippen molar-refractivity contribution in [3.05, 3.63) is 54.2 Å². The van der Waals surface area contributed by atoms with E-state index in [4.69, 9.17) is 0 Å². The average Bonchev–Trinajstić information content (AvgIpc) is 2.90. The molecule has 0 unspecified atom stereocenters. The summed E-state index contributed by atoms with van der Waals surface area (Å²) in [5.41, 5.74) is 4.42. The van der Waals surface area contributed by atoms with E-state index in [-0.39, 0.29) is 18.2 Å². The van der Waals surface area contributed by atoms with Crippen LogP contribution >= 0.6 is 12.4 Å². The van der Waals surface area contributed by atoms with Crippen LogP contribution in [0.4, 0.5) is 11.4 Å². The van der Waals surface area contributed by atoms with Crippen molar-refractivity contribution in [2.75, 3.05) is 5.32 Å². The molecule has 3 N–H and O–H groups in total. The number of anilines is 2. The molecule has 2 aromatic carbocycles. The molecule has 0 amide bonds. The number of nitrogens with one attached hydrogen (secondary N) is 2. The molecule has 6 heteroatoms. The Morgan fingerprint density at radius 3 is 2.57 bits per heavy atom. The molecule has 0 atom stereocenters. The van der Waals surface area contributed by atoms with Crippen LogP contribution in [0.15, 0.2) is 48.5 Å². The molecule has 116 valence electrons. The predicted molar refractivity (Wildman–Crippen MR) is 94.8 cm³/mol. The number of hydrogen-bond acceptors (Lipinski definition) is 4. The minimum absolute atomic E-state index is 0. The predicted octanol–water partition coefficient (Wildman–Crippen LogP) is 4.29. The molecule has 0 fully saturated rings. The summed E-state index contributed by atoms with van der Waals surface area (Å²) >= 11 is 0. The lowest BCUT2D eigenvalue weighted by Gasteiger charge is -2.11. The number of halogens is 1. The number of rotatable bonds is 2. The van der Waals surface area contributed by atoms with Crippen molar-refractivity contribution in [3.63, 3.8) is 0 Å². The van der Waals surface area contributed by atoms with Gasteiger partial charge >= 0.3 is 0 Å². The molecular weight excluding hydrogens is 312 g/mol. The topological polar surface area (TPSA) is 73.8 Å². The quantitative estimate of drug-likeness (QED) is 0.480. The van der Waals surface area contributed by atoms with E-state index in [0.29, 0.717) is 5.65 Å². The third-order valence-electron chi connectivity index (χ3n) is 3.71. The number of benzene rings is 2. The highest BCUT2D eigenvalue weighted by Crippen LogP contribution is 2.34. The number of pyridine rings is 1. The highest BCUT2D eigenvalue weighted by molar-refractivity contribution is 6.08. The minimum atomic E-state index is 0. The molecule has 0 aliphatic carbocycles. The first kappa shape index (κ1) is 15.1. The molecule has 2 aromatic heterocycles. The summed E-state index contributed by atoms with van der Waals surface area (Å²) in [6.45, 7) is 1.98. The van der Waals surface area contributed by atoms with E-state index >= 15 is 0 Å². The van der Waals surface area contributed by atoms with Crippen molar-refractivity contribution in [2.45, 2.75) is 6.92 Å². The SMILES string of the molecule is Cc1[nH]nc2nc3ccccc3c(Nc3ccc(O)cc3)c12.Cl. The largest absolute Gasteiger partial charge is 0.508 e. The second-order valence-corrected chi connectivity index (χ2v) is 5.22. The van der Waals surface area contributed by atoms with Gasteiger partial charge in [0, 0.05) is 16.8 Å². The number of aromatic amines is 1. The molecule has 0 aliphatic heterocycles. The van der Waals surface area contributed by atoms with Crippen LogP contribution in [0.2, 0.25) is 0 Å². The Hall–Kier alpha value is -2.79. The van der Waals surface area contributed by atoms with Crippen LogP contribution in [0.1, 0.15) is 5.69 Å². The number of aromatic nitrogens is 3. The summed E-state index contributed by atoms with van der Waals surface area (Å²) in [5.74, 6) is 0.245. The highest BCUT2D eigenvalue weighted by atomic mass is 35.5. The number of para-hydroxylation sites is 1. The third kappa shape index (κ3) is 2.55. The summed E-state index contributed by atoms with van der Waals surface area (Å²) in [5, 5.41) is 22.1. The molecule has 0 bridgehead atoms. The maximum absolute atomic E-state index is 9.42. The minimum Gasteiger partial charge on any atom is -0.508 e. The van der Waals surface area contributed by atoms with Crippen LogP contribution in [0, 0.1) is 6.92 Å². The molecule has 0 aliphatic rings. The number of phenolic OH excluding ortho intramolecular Hbond substituents is 1. The number of aromatic hydroxyl groups is 1. The van der Waals surface area contributed by atoms with Gasteiger partial charge in [0.05, 0.1) is 16.6 Å². The van der Waals surface area contributed by atoms with Crippen LogP contribution < -0.4 is 5.32 Å². The number of fused-ring (bicyclic) bond motifs is 2.